The third kappa shape index (κ3) is 3.98. The van der Waals surface area contributed by atoms with Gasteiger partial charge in [0.05, 0.1) is 0 Å². The Balaban J connectivity index is 2.00. The lowest BCUT2D eigenvalue weighted by Crippen LogP contribution is -2.68. The maximum atomic E-state index is 12.9. The highest BCUT2D eigenvalue weighted by atomic mass is 16.7. The number of hydrogen-bond acceptors (Lipinski definition) is 11. The quantitative estimate of drug-likeness (QED) is 0.235. The topological polar surface area (TPSA) is 158 Å². The van der Waals surface area contributed by atoms with Crippen LogP contribution in [0.15, 0.2) is 23.8 Å². The number of carbonyl (C=O) groups excluding carboxylic acids is 4. The van der Waals surface area contributed by atoms with Gasteiger partial charge in [-0.1, -0.05) is 18.6 Å². The second-order valence-electron chi connectivity index (χ2n) is 11.1. The fourth-order valence-electron chi connectivity index (χ4n) is 6.52. The van der Waals surface area contributed by atoms with Crippen molar-refractivity contribution in [2.75, 3.05) is 0 Å². The number of aliphatic hydroxyl groups is 2. The van der Waals surface area contributed by atoms with Gasteiger partial charge in [0.15, 0.2) is 17.3 Å². The molecule has 2 aliphatic heterocycles. The SMILES string of the molecule is CC(=O)O[C@@H]1C/C(C)=C\[C@@H]2OC(=O)C3(C)O[C@@]23[C@@H](OC(C)=O)[C@H]2[C@](C)(O)[C@H](OC(C)=O)C=C[C@@]2(C)[C@@H]1O. The van der Waals surface area contributed by atoms with Crippen molar-refractivity contribution in [1.29, 1.82) is 0 Å². The zero-order valence-corrected chi connectivity index (χ0v) is 22.0. The Morgan fingerprint density at radius 2 is 1.62 bits per heavy atom. The Kier molecular flexibility index (Phi) is 6.37. The molecule has 10 atom stereocenters. The third-order valence-electron chi connectivity index (χ3n) is 8.21. The highest BCUT2D eigenvalue weighted by molar-refractivity contribution is 5.89. The summed E-state index contributed by atoms with van der Waals surface area (Å²) in [5.74, 6) is -3.91. The summed E-state index contributed by atoms with van der Waals surface area (Å²) in [6.07, 6.45) is -1.33. The lowest BCUT2D eigenvalue weighted by Gasteiger charge is -2.55. The van der Waals surface area contributed by atoms with E-state index in [0.717, 1.165) is 0 Å². The van der Waals surface area contributed by atoms with E-state index in [1.54, 1.807) is 26.0 Å². The van der Waals surface area contributed by atoms with Gasteiger partial charge in [0.2, 0.25) is 0 Å². The average Bonchev–Trinajstić information content (AvgIpc) is 3.34. The van der Waals surface area contributed by atoms with Crippen LogP contribution >= 0.6 is 0 Å². The number of ether oxygens (including phenoxy) is 5. The molecule has 2 saturated heterocycles. The molecule has 1 unspecified atom stereocenters. The third-order valence-corrected chi connectivity index (χ3v) is 8.21. The van der Waals surface area contributed by atoms with Crippen LogP contribution in [0.25, 0.3) is 0 Å². The minimum Gasteiger partial charge on any atom is -0.459 e. The van der Waals surface area contributed by atoms with Crippen molar-refractivity contribution in [2.45, 2.75) is 102 Å². The van der Waals surface area contributed by atoms with Gasteiger partial charge in [0.25, 0.3) is 0 Å². The number of rotatable bonds is 3. The van der Waals surface area contributed by atoms with Crippen molar-refractivity contribution in [3.8, 4) is 0 Å². The summed E-state index contributed by atoms with van der Waals surface area (Å²) in [4.78, 5) is 49.3. The van der Waals surface area contributed by atoms with Crippen molar-refractivity contribution < 1.29 is 53.1 Å². The fourth-order valence-corrected chi connectivity index (χ4v) is 6.52. The molecule has 0 saturated carbocycles. The number of carbonyl (C=O) groups is 4. The molecule has 2 fully saturated rings. The Bertz CT molecular complexity index is 1090. The molecule has 0 aromatic rings. The molecule has 2 N–H and O–H groups in total. The van der Waals surface area contributed by atoms with Crippen molar-refractivity contribution in [3.63, 3.8) is 0 Å². The van der Waals surface area contributed by atoms with Crippen LogP contribution in [0.4, 0.5) is 0 Å². The van der Waals surface area contributed by atoms with Gasteiger partial charge >= 0.3 is 23.9 Å². The van der Waals surface area contributed by atoms with Crippen LogP contribution in [0.1, 0.15) is 54.9 Å². The molecule has 204 valence electrons. The molecule has 11 nitrogen and oxygen atoms in total. The van der Waals surface area contributed by atoms with Gasteiger partial charge in [0, 0.05) is 38.5 Å². The summed E-state index contributed by atoms with van der Waals surface area (Å²) >= 11 is 0. The highest BCUT2D eigenvalue weighted by Gasteiger charge is 2.87. The molecule has 0 aromatic carbocycles. The number of hydrogen-bond donors (Lipinski definition) is 2. The van der Waals surface area contributed by atoms with E-state index in [2.05, 4.69) is 0 Å². The van der Waals surface area contributed by atoms with Crippen molar-refractivity contribution in [3.05, 3.63) is 23.8 Å². The van der Waals surface area contributed by atoms with Crippen LogP contribution in [0, 0.1) is 11.3 Å². The Morgan fingerprint density at radius 3 is 2.16 bits per heavy atom. The van der Waals surface area contributed by atoms with Gasteiger partial charge in [-0.2, -0.15) is 0 Å². The highest BCUT2D eigenvalue weighted by Crippen LogP contribution is 2.65. The summed E-state index contributed by atoms with van der Waals surface area (Å²) < 4.78 is 28.5. The molecule has 0 bridgehead atoms. The van der Waals surface area contributed by atoms with Crippen molar-refractivity contribution in [1.82, 2.24) is 0 Å². The average molecular weight is 523 g/mol. The Morgan fingerprint density at radius 1 is 1.03 bits per heavy atom. The summed E-state index contributed by atoms with van der Waals surface area (Å²) in [5.41, 5.74) is -5.78. The lowest BCUT2D eigenvalue weighted by molar-refractivity contribution is -0.222. The molecule has 37 heavy (non-hydrogen) atoms. The molecule has 2 aliphatic carbocycles. The van der Waals surface area contributed by atoms with E-state index in [-0.39, 0.29) is 6.42 Å². The van der Waals surface area contributed by atoms with Crippen LogP contribution in [0.3, 0.4) is 0 Å². The largest absolute Gasteiger partial charge is 0.459 e. The monoisotopic (exact) mass is 522 g/mol. The predicted octanol–water partition coefficient (Wildman–Crippen LogP) is 0.889. The number of fused-ring (bicyclic) bond motifs is 1. The first-order valence-corrected chi connectivity index (χ1v) is 12.2. The Labute approximate surface area is 214 Å². The summed E-state index contributed by atoms with van der Waals surface area (Å²) in [5, 5.41) is 23.8. The first-order valence-electron chi connectivity index (χ1n) is 12.2. The smallest absolute Gasteiger partial charge is 0.342 e. The fraction of sp³-hybridized carbons (Fsp3) is 0.692. The summed E-state index contributed by atoms with van der Waals surface area (Å²) in [7, 11) is 0. The van der Waals surface area contributed by atoms with Gasteiger partial charge in [-0.15, -0.1) is 0 Å². The number of esters is 4. The molecule has 0 amide bonds. The number of epoxide rings is 1. The van der Waals surface area contributed by atoms with E-state index < -0.39 is 82.5 Å². The summed E-state index contributed by atoms with van der Waals surface area (Å²) in [6.45, 7) is 9.85. The second-order valence-corrected chi connectivity index (χ2v) is 11.1. The zero-order valence-electron chi connectivity index (χ0n) is 22.0. The van der Waals surface area contributed by atoms with Gasteiger partial charge in [-0.05, 0) is 32.9 Å². The molecule has 11 heteroatoms. The molecule has 0 radical (unpaired) electrons. The van der Waals surface area contributed by atoms with Crippen molar-refractivity contribution >= 4 is 23.9 Å². The first-order chi connectivity index (χ1) is 17.0. The van der Waals surface area contributed by atoms with E-state index in [0.29, 0.717) is 5.57 Å². The van der Waals surface area contributed by atoms with Crippen LogP contribution in [-0.4, -0.2) is 81.4 Å². The number of aliphatic hydroxyl groups excluding tert-OH is 1. The normalized spacial score (nSPS) is 47.7. The van der Waals surface area contributed by atoms with Crippen LogP contribution < -0.4 is 0 Å². The zero-order chi connectivity index (χ0) is 27.7. The van der Waals surface area contributed by atoms with Gasteiger partial charge in [-0.25, -0.2) is 4.79 Å². The van der Waals surface area contributed by atoms with Gasteiger partial charge < -0.3 is 33.9 Å². The predicted molar refractivity (Wildman–Crippen MR) is 125 cm³/mol. The summed E-state index contributed by atoms with van der Waals surface area (Å²) in [6, 6.07) is 0. The van der Waals surface area contributed by atoms with Gasteiger partial charge in [-0.3, -0.25) is 14.4 Å². The first kappa shape index (κ1) is 27.3. The minimum atomic E-state index is -1.95. The van der Waals surface area contributed by atoms with E-state index >= 15 is 0 Å². The van der Waals surface area contributed by atoms with Crippen LogP contribution in [0.2, 0.25) is 0 Å². The Hall–Kier alpha value is -2.76. The molecule has 0 aromatic heterocycles. The van der Waals surface area contributed by atoms with Gasteiger partial charge in [0.1, 0.15) is 30.0 Å². The maximum absolute atomic E-state index is 12.9. The van der Waals surface area contributed by atoms with Crippen LogP contribution in [-0.2, 0) is 42.9 Å². The molecular formula is C26H34O11. The molecular weight excluding hydrogens is 488 g/mol. The maximum Gasteiger partial charge on any atom is 0.342 e. The standard InChI is InChI=1S/C26H34O11/c1-12-10-16(33-13(2)27)20(30)23(5)9-8-17(34-14(3)28)24(6,32)19(23)21(35-15(4)29)26-18(11-12)36-22(31)25(26,7)37-26/h8-9,11,16-21,30,32H,10H2,1-7H3/b12-11-/t16-,17-,18+,19-,20-,21+,23-,24-,25?,26-/m1/s1. The lowest BCUT2D eigenvalue weighted by atomic mass is 9.55. The molecule has 2 heterocycles. The molecule has 4 aliphatic rings. The second kappa shape index (κ2) is 8.64. The van der Waals surface area contributed by atoms with E-state index in [4.69, 9.17) is 23.7 Å². The molecule has 4 rings (SSSR count). The van der Waals surface area contributed by atoms with E-state index in [1.165, 1.54) is 40.7 Å². The minimum absolute atomic E-state index is 0.0888. The van der Waals surface area contributed by atoms with Crippen LogP contribution in [0.5, 0.6) is 0 Å². The van der Waals surface area contributed by atoms with E-state index in [9.17, 15) is 29.4 Å². The van der Waals surface area contributed by atoms with E-state index in [1.807, 2.05) is 0 Å². The van der Waals surface area contributed by atoms with Crippen molar-refractivity contribution in [2.24, 2.45) is 11.3 Å². The molecule has 1 spiro atoms.